The third-order valence-electron chi connectivity index (χ3n) is 2.57. The molecule has 7 heteroatoms. The van der Waals surface area contributed by atoms with Crippen molar-refractivity contribution in [2.75, 3.05) is 12.0 Å². The minimum atomic E-state index is -0.239. The number of nitrogens with two attached hydrogens (primary N) is 1. The number of hydrogen-bond acceptors (Lipinski definition) is 5. The molecule has 1 aromatic carbocycles. The first-order valence-corrected chi connectivity index (χ1v) is 7.80. The van der Waals surface area contributed by atoms with Gasteiger partial charge in [-0.1, -0.05) is 28.4 Å². The number of benzene rings is 1. The van der Waals surface area contributed by atoms with Gasteiger partial charge in [0.25, 0.3) is 0 Å². The van der Waals surface area contributed by atoms with Crippen molar-refractivity contribution in [2.24, 2.45) is 5.73 Å². The molecular weight excluding hydrogens is 305 g/mol. The highest BCUT2D eigenvalue weighted by Crippen LogP contribution is 2.27. The van der Waals surface area contributed by atoms with E-state index in [9.17, 15) is 0 Å². The van der Waals surface area contributed by atoms with Crippen molar-refractivity contribution in [2.45, 2.75) is 12.5 Å². The van der Waals surface area contributed by atoms with E-state index in [1.54, 1.807) is 30.0 Å². The normalized spacial score (nSPS) is 12.6. The molecule has 0 radical (unpaired) electrons. The third kappa shape index (κ3) is 3.63. The highest BCUT2D eigenvalue weighted by Gasteiger charge is 2.15. The van der Waals surface area contributed by atoms with Gasteiger partial charge >= 0.3 is 0 Å². The number of thioether (sulfide) groups is 1. The van der Waals surface area contributed by atoms with Gasteiger partial charge < -0.3 is 10.3 Å². The summed E-state index contributed by atoms with van der Waals surface area (Å²) in [5.41, 5.74) is 6.72. The molecule has 2 aromatic rings. The Morgan fingerprint density at radius 1 is 1.37 bits per heavy atom. The first kappa shape index (κ1) is 14.7. The van der Waals surface area contributed by atoms with E-state index in [-0.39, 0.29) is 6.04 Å². The van der Waals surface area contributed by atoms with Gasteiger partial charge in [-0.05, 0) is 36.6 Å². The summed E-state index contributed by atoms with van der Waals surface area (Å²) in [5.74, 6) is 1.86. The van der Waals surface area contributed by atoms with Crippen LogP contribution < -0.4 is 5.73 Å². The van der Waals surface area contributed by atoms with Gasteiger partial charge in [0, 0.05) is 5.56 Å². The number of halogens is 2. The highest BCUT2D eigenvalue weighted by atomic mass is 35.5. The van der Waals surface area contributed by atoms with Crippen LogP contribution in [0.2, 0.25) is 10.0 Å². The number of rotatable bonds is 5. The van der Waals surface area contributed by atoms with E-state index in [1.807, 2.05) is 6.26 Å². The molecule has 1 atom stereocenters. The second-order valence-electron chi connectivity index (χ2n) is 3.97. The quantitative estimate of drug-likeness (QED) is 0.908. The third-order valence-corrected chi connectivity index (χ3v) is 3.95. The standard InChI is InChI=1S/C12H13Cl2N3OS/c1-19-5-4-10(15)12-16-11(17-18-12)7-2-3-8(13)9(14)6-7/h2-3,6,10H,4-5,15H2,1H3. The molecule has 0 saturated carbocycles. The van der Waals surface area contributed by atoms with Gasteiger partial charge in [0.1, 0.15) is 0 Å². The zero-order valence-corrected chi connectivity index (χ0v) is 12.6. The Morgan fingerprint density at radius 3 is 2.84 bits per heavy atom. The van der Waals surface area contributed by atoms with Gasteiger partial charge in [0.15, 0.2) is 0 Å². The molecule has 0 amide bonds. The molecule has 0 saturated heterocycles. The van der Waals surface area contributed by atoms with E-state index in [2.05, 4.69) is 10.1 Å². The van der Waals surface area contributed by atoms with Crippen molar-refractivity contribution in [1.29, 1.82) is 0 Å². The van der Waals surface area contributed by atoms with Gasteiger partial charge in [-0.25, -0.2) is 0 Å². The van der Waals surface area contributed by atoms with E-state index in [0.717, 1.165) is 17.7 Å². The molecule has 0 aliphatic rings. The summed E-state index contributed by atoms with van der Waals surface area (Å²) in [6, 6.07) is 4.95. The molecule has 0 fully saturated rings. The summed E-state index contributed by atoms with van der Waals surface area (Å²) in [5, 5.41) is 4.86. The van der Waals surface area contributed by atoms with Crippen molar-refractivity contribution in [1.82, 2.24) is 10.1 Å². The van der Waals surface area contributed by atoms with Crippen LogP contribution in [0.1, 0.15) is 18.4 Å². The van der Waals surface area contributed by atoms with E-state index in [4.69, 9.17) is 33.5 Å². The highest BCUT2D eigenvalue weighted by molar-refractivity contribution is 7.98. The van der Waals surface area contributed by atoms with E-state index >= 15 is 0 Å². The maximum Gasteiger partial charge on any atom is 0.243 e. The Bertz CT molecular complexity index is 562. The van der Waals surface area contributed by atoms with Crippen molar-refractivity contribution in [3.8, 4) is 11.4 Å². The average molecular weight is 318 g/mol. The Kier molecular flexibility index (Phi) is 5.10. The van der Waals surface area contributed by atoms with Crippen LogP contribution in [0.15, 0.2) is 22.7 Å². The monoisotopic (exact) mass is 317 g/mol. The molecule has 102 valence electrons. The molecule has 1 aromatic heterocycles. The zero-order valence-electron chi connectivity index (χ0n) is 10.3. The molecule has 4 nitrogen and oxygen atoms in total. The van der Waals surface area contributed by atoms with Crippen LogP contribution in [-0.2, 0) is 0 Å². The molecular formula is C12H13Cl2N3OS. The largest absolute Gasteiger partial charge is 0.337 e. The fraction of sp³-hybridized carbons (Fsp3) is 0.333. The van der Waals surface area contributed by atoms with Crippen molar-refractivity contribution in [3.63, 3.8) is 0 Å². The number of aromatic nitrogens is 2. The van der Waals surface area contributed by atoms with Crippen LogP contribution >= 0.6 is 35.0 Å². The maximum absolute atomic E-state index is 5.97. The zero-order chi connectivity index (χ0) is 13.8. The molecule has 2 N–H and O–H groups in total. The van der Waals surface area contributed by atoms with E-state index in [0.29, 0.717) is 21.8 Å². The molecule has 19 heavy (non-hydrogen) atoms. The summed E-state index contributed by atoms with van der Waals surface area (Å²) >= 11 is 13.5. The van der Waals surface area contributed by atoms with Gasteiger partial charge in [-0.15, -0.1) is 0 Å². The molecule has 0 bridgehead atoms. The van der Waals surface area contributed by atoms with Crippen molar-refractivity contribution in [3.05, 3.63) is 34.1 Å². The van der Waals surface area contributed by atoms with Crippen LogP contribution in [0.25, 0.3) is 11.4 Å². The SMILES string of the molecule is CSCCC(N)c1nc(-c2ccc(Cl)c(Cl)c2)no1. The smallest absolute Gasteiger partial charge is 0.243 e. The fourth-order valence-electron chi connectivity index (χ4n) is 1.51. The summed E-state index contributed by atoms with van der Waals surface area (Å²) in [6.45, 7) is 0. The predicted molar refractivity (Wildman–Crippen MR) is 79.7 cm³/mol. The van der Waals surface area contributed by atoms with Crippen molar-refractivity contribution < 1.29 is 4.52 Å². The number of hydrogen-bond donors (Lipinski definition) is 1. The lowest BCUT2D eigenvalue weighted by molar-refractivity contribution is 0.353. The Morgan fingerprint density at radius 2 is 2.16 bits per heavy atom. The van der Waals surface area contributed by atoms with Gasteiger partial charge in [-0.2, -0.15) is 16.7 Å². The first-order valence-electron chi connectivity index (χ1n) is 5.65. The molecule has 0 aliphatic heterocycles. The van der Waals surface area contributed by atoms with Crippen LogP contribution in [0.4, 0.5) is 0 Å². The Labute approximate surface area is 125 Å². The predicted octanol–water partition coefficient (Wildman–Crippen LogP) is 3.80. The maximum atomic E-state index is 5.97. The van der Waals surface area contributed by atoms with Gasteiger partial charge in [-0.3, -0.25) is 0 Å². The molecule has 2 rings (SSSR count). The van der Waals surface area contributed by atoms with Crippen LogP contribution in [-0.4, -0.2) is 22.1 Å². The van der Waals surface area contributed by atoms with E-state index < -0.39 is 0 Å². The lowest BCUT2D eigenvalue weighted by atomic mass is 10.2. The summed E-state index contributed by atoms with van der Waals surface area (Å²) < 4.78 is 5.18. The summed E-state index contributed by atoms with van der Waals surface area (Å²) in [7, 11) is 0. The van der Waals surface area contributed by atoms with Gasteiger partial charge in [0.05, 0.1) is 16.1 Å². The van der Waals surface area contributed by atoms with E-state index in [1.165, 1.54) is 0 Å². The molecule has 0 spiro atoms. The average Bonchev–Trinajstić information content (AvgIpc) is 2.89. The second kappa shape index (κ2) is 6.61. The first-order chi connectivity index (χ1) is 9.11. The van der Waals surface area contributed by atoms with Crippen LogP contribution in [0, 0.1) is 0 Å². The second-order valence-corrected chi connectivity index (χ2v) is 5.77. The minimum absolute atomic E-state index is 0.239. The molecule has 1 unspecified atom stereocenters. The van der Waals surface area contributed by atoms with Gasteiger partial charge in [0.2, 0.25) is 11.7 Å². The minimum Gasteiger partial charge on any atom is -0.337 e. The topological polar surface area (TPSA) is 64.9 Å². The van der Waals surface area contributed by atoms with Crippen molar-refractivity contribution >= 4 is 35.0 Å². The fourth-order valence-corrected chi connectivity index (χ4v) is 2.29. The van der Waals surface area contributed by atoms with Crippen LogP contribution in [0.3, 0.4) is 0 Å². The summed E-state index contributed by atoms with van der Waals surface area (Å²) in [6.07, 6.45) is 2.83. The summed E-state index contributed by atoms with van der Waals surface area (Å²) in [4.78, 5) is 4.29. The lowest BCUT2D eigenvalue weighted by Crippen LogP contribution is -2.11. The van der Waals surface area contributed by atoms with Crippen LogP contribution in [0.5, 0.6) is 0 Å². The Hall–Kier alpha value is -0.750. The molecule has 0 aliphatic carbocycles. The Balaban J connectivity index is 2.18. The number of nitrogens with zero attached hydrogens (tertiary/aromatic N) is 2. The lowest BCUT2D eigenvalue weighted by Gasteiger charge is -2.03. The molecule has 1 heterocycles.